The molecule has 1 saturated heterocycles. The summed E-state index contributed by atoms with van der Waals surface area (Å²) in [6.07, 6.45) is -1.70. The molecule has 1 aliphatic heterocycles. The number of ether oxygens (including phenoxy) is 4. The van der Waals surface area contributed by atoms with E-state index in [-0.39, 0.29) is 24.3 Å². The maximum Gasteiger partial charge on any atom is 0.527 e. The molecule has 260 valence electrons. The van der Waals surface area contributed by atoms with Crippen LogP contribution in [-0.4, -0.2) is 47.5 Å². The molecule has 12 nitrogen and oxygen atoms in total. The van der Waals surface area contributed by atoms with E-state index in [1.165, 1.54) is 22.9 Å². The van der Waals surface area contributed by atoms with Crippen LogP contribution in [0.1, 0.15) is 34.9 Å². The average molecular weight is 701 g/mol. The first-order valence-corrected chi connectivity index (χ1v) is 17.3. The van der Waals surface area contributed by atoms with Crippen molar-refractivity contribution in [3.8, 4) is 17.2 Å². The number of phosphoric ester groups is 1. The third kappa shape index (κ3) is 7.45. The van der Waals surface area contributed by atoms with Crippen LogP contribution in [0.15, 0.2) is 125 Å². The van der Waals surface area contributed by atoms with Gasteiger partial charge in [0.15, 0.2) is 0 Å². The minimum absolute atomic E-state index is 0.0362. The molecule has 0 radical (unpaired) electrons. The van der Waals surface area contributed by atoms with Crippen molar-refractivity contribution < 1.29 is 37.5 Å². The zero-order chi connectivity index (χ0) is 35.3. The van der Waals surface area contributed by atoms with Gasteiger partial charge in [0.1, 0.15) is 41.3 Å². The van der Waals surface area contributed by atoms with Crippen LogP contribution < -0.4 is 25.2 Å². The van der Waals surface area contributed by atoms with E-state index < -0.39 is 43.1 Å². The Morgan fingerprint density at radius 3 is 1.92 bits per heavy atom. The van der Waals surface area contributed by atoms with Crippen LogP contribution in [0.2, 0.25) is 0 Å². The van der Waals surface area contributed by atoms with Crippen molar-refractivity contribution >= 4 is 7.82 Å². The number of aryl methyl sites for hydroxylation is 1. The van der Waals surface area contributed by atoms with Crippen molar-refractivity contribution in [1.82, 2.24) is 9.55 Å². The number of aromatic nitrogens is 2. The monoisotopic (exact) mass is 700 g/mol. The van der Waals surface area contributed by atoms with Gasteiger partial charge in [-0.2, -0.15) is 0 Å². The predicted octanol–water partition coefficient (Wildman–Crippen LogP) is 5.72. The zero-order valence-corrected chi connectivity index (χ0v) is 28.5. The molecule has 0 saturated carbocycles. The second kappa shape index (κ2) is 14.9. The second-order valence-electron chi connectivity index (χ2n) is 11.7. The van der Waals surface area contributed by atoms with E-state index in [0.29, 0.717) is 11.5 Å². The molecule has 4 aromatic carbocycles. The molecule has 13 heteroatoms. The number of para-hydroxylation sites is 1. The third-order valence-corrected chi connectivity index (χ3v) is 9.49. The Morgan fingerprint density at radius 2 is 1.36 bits per heavy atom. The van der Waals surface area contributed by atoms with Gasteiger partial charge in [-0.25, -0.2) is 9.36 Å². The number of H-pyrrole nitrogens is 1. The molecule has 6 rings (SSSR count). The minimum Gasteiger partial charge on any atom is -0.497 e. The van der Waals surface area contributed by atoms with Gasteiger partial charge in [0, 0.05) is 18.2 Å². The van der Waals surface area contributed by atoms with Gasteiger partial charge in [0.25, 0.3) is 5.56 Å². The lowest BCUT2D eigenvalue weighted by Gasteiger charge is -2.37. The highest BCUT2D eigenvalue weighted by atomic mass is 31.2. The van der Waals surface area contributed by atoms with Crippen LogP contribution in [0, 0.1) is 6.92 Å². The van der Waals surface area contributed by atoms with Crippen molar-refractivity contribution in [3.05, 3.63) is 158 Å². The molecular weight excluding hydrogens is 663 g/mol. The van der Waals surface area contributed by atoms with E-state index in [1.54, 1.807) is 39.3 Å². The zero-order valence-electron chi connectivity index (χ0n) is 27.6. The number of rotatable bonds is 13. The molecule has 1 unspecified atom stereocenters. The van der Waals surface area contributed by atoms with E-state index in [1.807, 2.05) is 78.9 Å². The average Bonchev–Trinajstić information content (AvgIpc) is 3.52. The number of nitrogens with zero attached hydrogens (tertiary/aromatic N) is 1. The standard InChI is InChI=1S/C37H37N2O10P/c1-25-23-39(36(41)38-35(25)40)34-22-32(49-50(42,43)48-31-12-8-5-9-13-31)33(47-34)24-46-37(26-10-6-4-7-11-26,27-14-18-29(44-2)19-15-27)28-16-20-30(45-3)21-17-28/h4-21,23,32-34H,22,24H2,1-3H3,(H,42,43)(H,38,40,41)/t32-,33+,34+/m0/s1. The molecule has 1 aliphatic rings. The van der Waals surface area contributed by atoms with Crippen LogP contribution in [0.25, 0.3) is 0 Å². The van der Waals surface area contributed by atoms with E-state index in [2.05, 4.69) is 4.98 Å². The number of nitrogens with one attached hydrogen (secondary N) is 1. The van der Waals surface area contributed by atoms with E-state index >= 15 is 0 Å². The van der Waals surface area contributed by atoms with Crippen molar-refractivity contribution in [1.29, 1.82) is 0 Å². The molecule has 2 N–H and O–H groups in total. The van der Waals surface area contributed by atoms with Gasteiger partial charge in [-0.15, -0.1) is 0 Å². The summed E-state index contributed by atoms with van der Waals surface area (Å²) in [5, 5.41) is 0. The van der Waals surface area contributed by atoms with E-state index in [9.17, 15) is 19.0 Å². The van der Waals surface area contributed by atoms with E-state index in [0.717, 1.165) is 16.7 Å². The summed E-state index contributed by atoms with van der Waals surface area (Å²) in [5.74, 6) is 1.44. The molecule has 50 heavy (non-hydrogen) atoms. The molecule has 0 spiro atoms. The van der Waals surface area contributed by atoms with Crippen LogP contribution in [0.4, 0.5) is 0 Å². The largest absolute Gasteiger partial charge is 0.527 e. The van der Waals surface area contributed by atoms with Crippen molar-refractivity contribution in [3.63, 3.8) is 0 Å². The maximum atomic E-state index is 13.4. The van der Waals surface area contributed by atoms with Crippen molar-refractivity contribution in [2.24, 2.45) is 0 Å². The Kier molecular flexibility index (Phi) is 10.4. The van der Waals surface area contributed by atoms with Gasteiger partial charge in [-0.3, -0.25) is 23.8 Å². The molecule has 0 aliphatic carbocycles. The van der Waals surface area contributed by atoms with Gasteiger partial charge in [0.05, 0.1) is 20.8 Å². The number of methoxy groups -OCH3 is 2. The van der Waals surface area contributed by atoms with Crippen LogP contribution in [0.3, 0.4) is 0 Å². The minimum atomic E-state index is -4.71. The Balaban J connectivity index is 1.41. The fraction of sp³-hybridized carbons (Fsp3) is 0.243. The first-order chi connectivity index (χ1) is 24.1. The van der Waals surface area contributed by atoms with E-state index in [4.69, 9.17) is 28.0 Å². The molecule has 2 heterocycles. The number of phosphoric acid groups is 1. The van der Waals surface area contributed by atoms with Gasteiger partial charge in [-0.05, 0) is 60.0 Å². The smallest absolute Gasteiger partial charge is 0.497 e. The van der Waals surface area contributed by atoms with Gasteiger partial charge >= 0.3 is 13.5 Å². The Hall–Kier alpha value is -4.97. The van der Waals surface area contributed by atoms with Gasteiger partial charge in [-0.1, -0.05) is 72.8 Å². The SMILES string of the molecule is COc1ccc(C(OC[C@H]2O[C@@H](n3cc(C)c(=O)[nH]c3=O)C[C@@H]2OP(=O)(O)Oc2ccccc2)(c2ccccc2)c2ccc(OC)cc2)cc1. The van der Waals surface area contributed by atoms with Gasteiger partial charge < -0.3 is 23.5 Å². The number of benzene rings is 4. The Bertz CT molecular complexity index is 2000. The van der Waals surface area contributed by atoms with Gasteiger partial charge in [0.2, 0.25) is 0 Å². The maximum absolute atomic E-state index is 13.4. The highest BCUT2D eigenvalue weighted by Crippen LogP contribution is 2.49. The molecule has 5 aromatic rings. The summed E-state index contributed by atoms with van der Waals surface area (Å²) < 4.78 is 50.0. The summed E-state index contributed by atoms with van der Waals surface area (Å²) in [7, 11) is -1.54. The third-order valence-electron chi connectivity index (χ3n) is 8.51. The van der Waals surface area contributed by atoms with Crippen molar-refractivity contribution in [2.45, 2.75) is 37.4 Å². The predicted molar refractivity (Wildman–Crippen MR) is 185 cm³/mol. The normalized spacial score (nSPS) is 18.7. The highest BCUT2D eigenvalue weighted by Gasteiger charge is 2.45. The summed E-state index contributed by atoms with van der Waals surface area (Å²) in [6.45, 7) is 1.39. The Morgan fingerprint density at radius 1 is 0.820 bits per heavy atom. The topological polar surface area (TPSA) is 148 Å². The lowest BCUT2D eigenvalue weighted by atomic mass is 9.80. The fourth-order valence-electron chi connectivity index (χ4n) is 6.02. The molecular formula is C37H37N2O10P. The van der Waals surface area contributed by atoms with Crippen molar-refractivity contribution in [2.75, 3.05) is 20.8 Å². The quantitative estimate of drug-likeness (QED) is 0.115. The summed E-state index contributed by atoms with van der Waals surface area (Å²) in [4.78, 5) is 38.2. The highest BCUT2D eigenvalue weighted by molar-refractivity contribution is 7.47. The first-order valence-electron chi connectivity index (χ1n) is 15.8. The summed E-state index contributed by atoms with van der Waals surface area (Å²) >= 11 is 0. The molecule has 0 bridgehead atoms. The first kappa shape index (κ1) is 34.9. The molecule has 0 amide bonds. The van der Waals surface area contributed by atoms with Crippen LogP contribution in [0.5, 0.6) is 17.2 Å². The number of aromatic amines is 1. The Labute approximate surface area is 288 Å². The van der Waals surface area contributed by atoms with Crippen LogP contribution >= 0.6 is 7.82 Å². The lowest BCUT2D eigenvalue weighted by molar-refractivity contribution is -0.0933. The summed E-state index contributed by atoms with van der Waals surface area (Å²) in [5.41, 5.74) is 0.126. The van der Waals surface area contributed by atoms with Crippen LogP contribution in [-0.2, 0) is 24.2 Å². The second-order valence-corrected chi connectivity index (χ2v) is 13.0. The lowest BCUT2D eigenvalue weighted by Crippen LogP contribution is -2.38. The molecule has 1 aromatic heterocycles. The summed E-state index contributed by atoms with van der Waals surface area (Å²) in [6, 6.07) is 32.7. The molecule has 4 atom stereocenters. The molecule has 1 fully saturated rings. The number of hydrogen-bond donors (Lipinski definition) is 2. The fourth-order valence-corrected chi connectivity index (χ4v) is 7.02. The number of hydrogen-bond acceptors (Lipinski definition) is 9.